The van der Waals surface area contributed by atoms with Gasteiger partial charge in [0.05, 0.1) is 11.7 Å². The summed E-state index contributed by atoms with van der Waals surface area (Å²) in [6, 6.07) is 8.45. The number of aromatic nitrogens is 2. The van der Waals surface area contributed by atoms with Crippen LogP contribution >= 0.6 is 0 Å². The minimum Gasteiger partial charge on any atom is -0.308 e. The van der Waals surface area contributed by atoms with Crippen molar-refractivity contribution in [1.82, 2.24) is 14.7 Å². The molecule has 2 atom stereocenters. The highest BCUT2D eigenvalue weighted by atomic mass is 19.1. The van der Waals surface area contributed by atoms with Gasteiger partial charge in [-0.1, -0.05) is 12.1 Å². The van der Waals surface area contributed by atoms with Gasteiger partial charge in [-0.2, -0.15) is 5.10 Å². The Labute approximate surface area is 147 Å². The van der Waals surface area contributed by atoms with Crippen LogP contribution in [-0.2, 0) is 11.8 Å². The molecule has 4 rings (SSSR count). The van der Waals surface area contributed by atoms with Crippen LogP contribution in [0.4, 0.5) is 10.1 Å². The third-order valence-corrected chi connectivity index (χ3v) is 5.49. The molecular weight excluding hydrogens is 319 g/mol. The number of piperidine rings is 1. The summed E-state index contributed by atoms with van der Waals surface area (Å²) < 4.78 is 16.0. The summed E-state index contributed by atoms with van der Waals surface area (Å²) in [7, 11) is 1.97. The van der Waals surface area contributed by atoms with Gasteiger partial charge in [-0.25, -0.2) is 4.39 Å². The van der Waals surface area contributed by atoms with E-state index in [2.05, 4.69) is 16.1 Å². The SMILES string of the molecule is Cn1nccc1[C@@H]1CCCN([C@@H]2CCN(c3ccccc3F)C2=O)C1. The van der Waals surface area contributed by atoms with Gasteiger partial charge in [0.1, 0.15) is 5.82 Å². The fourth-order valence-corrected chi connectivity index (χ4v) is 4.23. The highest BCUT2D eigenvalue weighted by Gasteiger charge is 2.39. The zero-order chi connectivity index (χ0) is 17.4. The fraction of sp³-hybridized carbons (Fsp3) is 0.474. The first-order chi connectivity index (χ1) is 12.1. The molecule has 0 aliphatic carbocycles. The van der Waals surface area contributed by atoms with E-state index >= 15 is 0 Å². The van der Waals surface area contributed by atoms with Crippen LogP contribution in [0.5, 0.6) is 0 Å². The average molecular weight is 342 g/mol. The number of carbonyl (C=O) groups is 1. The number of amides is 1. The second kappa shape index (κ2) is 6.59. The van der Waals surface area contributed by atoms with E-state index < -0.39 is 0 Å². The molecule has 0 saturated carbocycles. The van der Waals surface area contributed by atoms with Crippen molar-refractivity contribution in [3.8, 4) is 0 Å². The number of halogens is 1. The molecule has 25 heavy (non-hydrogen) atoms. The molecule has 2 aliphatic heterocycles. The van der Waals surface area contributed by atoms with E-state index in [-0.39, 0.29) is 17.8 Å². The van der Waals surface area contributed by atoms with Crippen molar-refractivity contribution >= 4 is 11.6 Å². The van der Waals surface area contributed by atoms with Crippen molar-refractivity contribution in [2.24, 2.45) is 7.05 Å². The minimum absolute atomic E-state index is 0.0238. The maximum Gasteiger partial charge on any atom is 0.244 e. The van der Waals surface area contributed by atoms with Gasteiger partial charge >= 0.3 is 0 Å². The summed E-state index contributed by atoms with van der Waals surface area (Å²) in [6.45, 7) is 2.37. The van der Waals surface area contributed by atoms with Gasteiger partial charge in [0, 0.05) is 37.9 Å². The van der Waals surface area contributed by atoms with E-state index in [0.29, 0.717) is 18.2 Å². The minimum atomic E-state index is -0.331. The number of hydrogen-bond donors (Lipinski definition) is 0. The summed E-state index contributed by atoms with van der Waals surface area (Å²) in [4.78, 5) is 16.8. The lowest BCUT2D eigenvalue weighted by molar-refractivity contribution is -0.122. The maximum atomic E-state index is 14.1. The molecule has 0 N–H and O–H groups in total. The molecule has 2 saturated heterocycles. The summed E-state index contributed by atoms with van der Waals surface area (Å²) in [5.41, 5.74) is 1.62. The first-order valence-electron chi connectivity index (χ1n) is 8.93. The predicted octanol–water partition coefficient (Wildman–Crippen LogP) is 2.54. The van der Waals surface area contributed by atoms with Crippen LogP contribution in [0.15, 0.2) is 36.5 Å². The Kier molecular flexibility index (Phi) is 4.29. The molecule has 2 aromatic rings. The molecule has 132 valence electrons. The molecule has 0 bridgehead atoms. The van der Waals surface area contributed by atoms with Gasteiger partial charge in [-0.05, 0) is 44.0 Å². The Morgan fingerprint density at radius 2 is 2.00 bits per heavy atom. The summed E-state index contributed by atoms with van der Waals surface area (Å²) in [6.07, 6.45) is 4.77. The Bertz CT molecular complexity index is 774. The molecule has 1 aromatic carbocycles. The van der Waals surface area contributed by atoms with Crippen molar-refractivity contribution < 1.29 is 9.18 Å². The number of para-hydroxylation sites is 1. The van der Waals surface area contributed by atoms with Crippen LogP contribution in [-0.4, -0.2) is 46.3 Å². The summed E-state index contributed by atoms with van der Waals surface area (Å²) in [5, 5.41) is 4.27. The van der Waals surface area contributed by atoms with Crippen LogP contribution in [0.2, 0.25) is 0 Å². The van der Waals surface area contributed by atoms with Crippen molar-refractivity contribution in [3.63, 3.8) is 0 Å². The van der Waals surface area contributed by atoms with E-state index in [1.54, 1.807) is 23.1 Å². The molecule has 0 unspecified atom stereocenters. The number of aryl methyl sites for hydroxylation is 1. The summed E-state index contributed by atoms with van der Waals surface area (Å²) >= 11 is 0. The van der Waals surface area contributed by atoms with Crippen molar-refractivity contribution in [2.75, 3.05) is 24.5 Å². The van der Waals surface area contributed by atoms with E-state index in [4.69, 9.17) is 0 Å². The molecule has 1 aromatic heterocycles. The van der Waals surface area contributed by atoms with Gasteiger partial charge < -0.3 is 4.90 Å². The number of carbonyl (C=O) groups excluding carboxylic acids is 1. The Morgan fingerprint density at radius 3 is 2.76 bits per heavy atom. The topological polar surface area (TPSA) is 41.4 Å². The number of nitrogens with zero attached hydrogens (tertiary/aromatic N) is 4. The molecule has 6 heteroatoms. The van der Waals surface area contributed by atoms with Gasteiger partial charge in [0.15, 0.2) is 0 Å². The van der Waals surface area contributed by atoms with Gasteiger partial charge in [0.25, 0.3) is 0 Å². The quantitative estimate of drug-likeness (QED) is 0.861. The zero-order valence-corrected chi connectivity index (χ0v) is 14.4. The van der Waals surface area contributed by atoms with Crippen molar-refractivity contribution in [3.05, 3.63) is 48.0 Å². The standard InChI is InChI=1S/C19H23FN4O/c1-22-16(8-10-21-22)14-5-4-11-23(13-14)18-9-12-24(19(18)25)17-7-3-2-6-15(17)20/h2-3,6-8,10,14,18H,4-5,9,11-13H2,1H3/t14-,18-/m1/s1. The molecule has 0 radical (unpaired) electrons. The van der Waals surface area contributed by atoms with E-state index in [1.165, 1.54) is 11.8 Å². The van der Waals surface area contributed by atoms with Crippen molar-refractivity contribution in [2.45, 2.75) is 31.2 Å². The number of rotatable bonds is 3. The van der Waals surface area contributed by atoms with Gasteiger partial charge in [-0.3, -0.25) is 14.4 Å². The Hall–Kier alpha value is -2.21. The second-order valence-electron chi connectivity index (χ2n) is 6.96. The lowest BCUT2D eigenvalue weighted by Crippen LogP contribution is -2.46. The van der Waals surface area contributed by atoms with Gasteiger partial charge in [0.2, 0.25) is 5.91 Å². The second-order valence-corrected chi connectivity index (χ2v) is 6.96. The zero-order valence-electron chi connectivity index (χ0n) is 14.4. The normalized spacial score (nSPS) is 24.9. The Morgan fingerprint density at radius 1 is 1.16 bits per heavy atom. The predicted molar refractivity (Wildman–Crippen MR) is 93.9 cm³/mol. The summed E-state index contributed by atoms with van der Waals surface area (Å²) in [5.74, 6) is 0.0928. The lowest BCUT2D eigenvalue weighted by Gasteiger charge is -2.36. The van der Waals surface area contributed by atoms with E-state index in [1.807, 2.05) is 17.9 Å². The van der Waals surface area contributed by atoms with Crippen LogP contribution in [0, 0.1) is 5.82 Å². The molecule has 5 nitrogen and oxygen atoms in total. The lowest BCUT2D eigenvalue weighted by atomic mass is 9.93. The number of benzene rings is 1. The van der Waals surface area contributed by atoms with E-state index in [9.17, 15) is 9.18 Å². The average Bonchev–Trinajstić information content (AvgIpc) is 3.21. The first-order valence-corrected chi connectivity index (χ1v) is 8.93. The van der Waals surface area contributed by atoms with Crippen LogP contribution in [0.3, 0.4) is 0 Å². The smallest absolute Gasteiger partial charge is 0.244 e. The highest BCUT2D eigenvalue weighted by molar-refractivity contribution is 5.99. The van der Waals surface area contributed by atoms with E-state index in [0.717, 1.165) is 32.4 Å². The van der Waals surface area contributed by atoms with Crippen molar-refractivity contribution in [1.29, 1.82) is 0 Å². The van der Waals surface area contributed by atoms with Gasteiger partial charge in [-0.15, -0.1) is 0 Å². The maximum absolute atomic E-state index is 14.1. The Balaban J connectivity index is 1.50. The fourth-order valence-electron chi connectivity index (χ4n) is 4.23. The molecule has 0 spiro atoms. The third kappa shape index (κ3) is 2.95. The third-order valence-electron chi connectivity index (χ3n) is 5.49. The van der Waals surface area contributed by atoms with Crippen LogP contribution in [0.1, 0.15) is 30.9 Å². The molecule has 2 aliphatic rings. The first kappa shape index (κ1) is 16.3. The highest BCUT2D eigenvalue weighted by Crippen LogP contribution is 2.32. The molecule has 3 heterocycles. The monoisotopic (exact) mass is 342 g/mol. The van der Waals surface area contributed by atoms with Crippen LogP contribution in [0.25, 0.3) is 0 Å². The number of hydrogen-bond acceptors (Lipinski definition) is 3. The molecular formula is C19H23FN4O. The van der Waals surface area contributed by atoms with Crippen LogP contribution < -0.4 is 4.90 Å². The molecule has 2 fully saturated rings. The molecule has 1 amide bonds. The largest absolute Gasteiger partial charge is 0.308 e. The number of anilines is 1. The number of likely N-dealkylation sites (tertiary alicyclic amines) is 1.